The molecule has 0 aliphatic carbocycles. The predicted molar refractivity (Wildman–Crippen MR) is 81.6 cm³/mol. The van der Waals surface area contributed by atoms with Crippen molar-refractivity contribution in [2.45, 2.75) is 12.6 Å². The Morgan fingerprint density at radius 3 is 2.50 bits per heavy atom. The molecule has 2 heterocycles. The van der Waals surface area contributed by atoms with E-state index in [0.29, 0.717) is 11.2 Å². The van der Waals surface area contributed by atoms with Gasteiger partial charge >= 0.3 is 5.69 Å². The molecule has 22 heavy (non-hydrogen) atoms. The van der Waals surface area contributed by atoms with E-state index in [9.17, 15) is 14.7 Å². The summed E-state index contributed by atoms with van der Waals surface area (Å²) in [7, 11) is 2.99. The first-order valence-electron chi connectivity index (χ1n) is 6.84. The van der Waals surface area contributed by atoms with Crippen LogP contribution in [0.15, 0.2) is 46.2 Å². The van der Waals surface area contributed by atoms with Crippen molar-refractivity contribution >= 4 is 11.2 Å². The molecule has 114 valence electrons. The molecule has 0 aliphatic rings. The maximum absolute atomic E-state index is 12.3. The highest BCUT2D eigenvalue weighted by atomic mass is 16.3. The summed E-state index contributed by atoms with van der Waals surface area (Å²) in [5.41, 5.74) is 0.529. The van der Waals surface area contributed by atoms with Crippen LogP contribution in [-0.4, -0.2) is 23.8 Å². The van der Waals surface area contributed by atoms with E-state index >= 15 is 0 Å². The van der Waals surface area contributed by atoms with Crippen molar-refractivity contribution < 1.29 is 5.11 Å². The molecule has 0 amide bonds. The lowest BCUT2D eigenvalue weighted by molar-refractivity contribution is 0.158. The fourth-order valence-electron chi connectivity index (χ4n) is 2.50. The maximum Gasteiger partial charge on any atom is 0.332 e. The van der Waals surface area contributed by atoms with Gasteiger partial charge in [-0.25, -0.2) is 9.78 Å². The van der Waals surface area contributed by atoms with Crippen molar-refractivity contribution in [2.75, 3.05) is 0 Å². The number of aliphatic hydroxyl groups is 1. The molecule has 0 bridgehead atoms. The van der Waals surface area contributed by atoms with E-state index in [0.717, 1.165) is 10.1 Å². The van der Waals surface area contributed by atoms with E-state index in [1.807, 2.05) is 30.3 Å². The van der Waals surface area contributed by atoms with Crippen molar-refractivity contribution in [1.82, 2.24) is 18.7 Å². The van der Waals surface area contributed by atoms with Crippen LogP contribution >= 0.6 is 0 Å². The van der Waals surface area contributed by atoms with Gasteiger partial charge in [-0.05, 0) is 5.56 Å². The molecule has 1 aromatic carbocycles. The molecule has 3 aromatic rings. The van der Waals surface area contributed by atoms with E-state index in [4.69, 9.17) is 0 Å². The summed E-state index contributed by atoms with van der Waals surface area (Å²) in [6.45, 7) is 0.188. The molecule has 0 spiro atoms. The fraction of sp³-hybridized carbons (Fsp3) is 0.267. The lowest BCUT2D eigenvalue weighted by Gasteiger charge is -2.12. The van der Waals surface area contributed by atoms with Crippen molar-refractivity contribution in [2.24, 2.45) is 14.1 Å². The van der Waals surface area contributed by atoms with Crippen molar-refractivity contribution in [1.29, 1.82) is 0 Å². The second kappa shape index (κ2) is 5.27. The molecular formula is C15H16N4O3. The second-order valence-electron chi connectivity index (χ2n) is 5.20. The lowest BCUT2D eigenvalue weighted by atomic mass is 10.1. The van der Waals surface area contributed by atoms with Crippen LogP contribution in [0.5, 0.6) is 0 Å². The molecule has 0 saturated heterocycles. The van der Waals surface area contributed by atoms with Crippen LogP contribution in [0.2, 0.25) is 0 Å². The minimum absolute atomic E-state index is 0.188. The van der Waals surface area contributed by atoms with Gasteiger partial charge in [-0.1, -0.05) is 30.3 Å². The van der Waals surface area contributed by atoms with Crippen molar-refractivity contribution in [3.63, 3.8) is 0 Å². The highest BCUT2D eigenvalue weighted by Crippen LogP contribution is 2.16. The Bertz CT molecular complexity index is 937. The Hall–Kier alpha value is -2.67. The van der Waals surface area contributed by atoms with Gasteiger partial charge in [0.25, 0.3) is 5.56 Å². The van der Waals surface area contributed by atoms with E-state index < -0.39 is 17.4 Å². The molecule has 0 fully saturated rings. The highest BCUT2D eigenvalue weighted by Gasteiger charge is 2.16. The minimum Gasteiger partial charge on any atom is -0.387 e. The first-order chi connectivity index (χ1) is 10.5. The van der Waals surface area contributed by atoms with Crippen molar-refractivity contribution in [3.8, 4) is 0 Å². The summed E-state index contributed by atoms with van der Waals surface area (Å²) in [4.78, 5) is 28.3. The lowest BCUT2D eigenvalue weighted by Crippen LogP contribution is -2.37. The molecular weight excluding hydrogens is 284 g/mol. The molecule has 1 N–H and O–H groups in total. The Kier molecular flexibility index (Phi) is 3.42. The van der Waals surface area contributed by atoms with Gasteiger partial charge in [0.15, 0.2) is 11.2 Å². The molecule has 7 nitrogen and oxygen atoms in total. The first kappa shape index (κ1) is 14.3. The Labute approximate surface area is 125 Å². The van der Waals surface area contributed by atoms with Crippen LogP contribution in [0.3, 0.4) is 0 Å². The van der Waals surface area contributed by atoms with E-state index in [-0.39, 0.29) is 6.54 Å². The van der Waals surface area contributed by atoms with Crippen LogP contribution in [0.4, 0.5) is 0 Å². The van der Waals surface area contributed by atoms with Crippen LogP contribution < -0.4 is 11.2 Å². The summed E-state index contributed by atoms with van der Waals surface area (Å²) >= 11 is 0. The summed E-state index contributed by atoms with van der Waals surface area (Å²) in [5.74, 6) is 0. The number of hydrogen-bond donors (Lipinski definition) is 1. The Morgan fingerprint density at radius 1 is 1.14 bits per heavy atom. The molecule has 0 saturated carbocycles. The number of aryl methyl sites for hydroxylation is 1. The quantitative estimate of drug-likeness (QED) is 0.747. The number of aliphatic hydroxyl groups excluding tert-OH is 1. The Morgan fingerprint density at radius 2 is 1.82 bits per heavy atom. The van der Waals surface area contributed by atoms with Gasteiger partial charge in [-0.15, -0.1) is 0 Å². The zero-order valence-electron chi connectivity index (χ0n) is 12.3. The standard InChI is InChI=1S/C15H16N4O3/c1-17-13-12(14(21)18(2)15(17)22)19(9-16-13)8-11(20)10-6-4-3-5-7-10/h3-7,9,11,20H,8H2,1-2H3. The zero-order chi connectivity index (χ0) is 15.9. The van der Waals surface area contributed by atoms with Crippen LogP contribution in [-0.2, 0) is 20.6 Å². The van der Waals surface area contributed by atoms with Gasteiger partial charge in [-0.2, -0.15) is 0 Å². The topological polar surface area (TPSA) is 82.0 Å². The normalized spacial score (nSPS) is 12.7. The molecule has 2 aromatic heterocycles. The summed E-state index contributed by atoms with van der Waals surface area (Å²) in [6.07, 6.45) is 0.707. The Balaban J connectivity index is 2.10. The summed E-state index contributed by atoms with van der Waals surface area (Å²) in [5, 5.41) is 10.3. The number of imidazole rings is 1. The fourth-order valence-corrected chi connectivity index (χ4v) is 2.50. The highest BCUT2D eigenvalue weighted by molar-refractivity contribution is 5.69. The number of hydrogen-bond acceptors (Lipinski definition) is 4. The molecule has 0 radical (unpaired) electrons. The van der Waals surface area contributed by atoms with Gasteiger partial charge in [0.1, 0.15) is 0 Å². The van der Waals surface area contributed by atoms with Crippen LogP contribution in [0.25, 0.3) is 11.2 Å². The monoisotopic (exact) mass is 300 g/mol. The average Bonchev–Trinajstić information content (AvgIpc) is 2.95. The van der Waals surface area contributed by atoms with Crippen LogP contribution in [0, 0.1) is 0 Å². The van der Waals surface area contributed by atoms with E-state index in [1.165, 1.54) is 17.9 Å². The maximum atomic E-state index is 12.3. The van der Waals surface area contributed by atoms with E-state index in [1.54, 1.807) is 11.6 Å². The SMILES string of the molecule is Cn1c(=O)c2c(ncn2CC(O)c2ccccc2)n(C)c1=O. The number of nitrogens with zero attached hydrogens (tertiary/aromatic N) is 4. The molecule has 1 unspecified atom stereocenters. The summed E-state index contributed by atoms with van der Waals surface area (Å²) < 4.78 is 3.94. The molecule has 7 heteroatoms. The smallest absolute Gasteiger partial charge is 0.332 e. The largest absolute Gasteiger partial charge is 0.387 e. The third-order valence-corrected chi connectivity index (χ3v) is 3.77. The van der Waals surface area contributed by atoms with Gasteiger partial charge in [0.05, 0.1) is 19.0 Å². The molecule has 0 aliphatic heterocycles. The van der Waals surface area contributed by atoms with Crippen LogP contribution in [0.1, 0.15) is 11.7 Å². The number of benzene rings is 1. The first-order valence-corrected chi connectivity index (χ1v) is 6.84. The molecule has 3 rings (SSSR count). The third kappa shape index (κ3) is 2.15. The molecule has 1 atom stereocenters. The minimum atomic E-state index is -0.763. The number of aromatic nitrogens is 4. The predicted octanol–water partition coefficient (Wildman–Crippen LogP) is 0.167. The average molecular weight is 300 g/mol. The van der Waals surface area contributed by atoms with E-state index in [2.05, 4.69) is 4.98 Å². The van der Waals surface area contributed by atoms with Gasteiger partial charge < -0.3 is 9.67 Å². The van der Waals surface area contributed by atoms with Gasteiger partial charge in [-0.3, -0.25) is 13.9 Å². The van der Waals surface area contributed by atoms with Gasteiger partial charge in [0, 0.05) is 14.1 Å². The third-order valence-electron chi connectivity index (χ3n) is 3.77. The number of rotatable bonds is 3. The number of fused-ring (bicyclic) bond motifs is 1. The van der Waals surface area contributed by atoms with Crippen molar-refractivity contribution in [3.05, 3.63) is 63.1 Å². The second-order valence-corrected chi connectivity index (χ2v) is 5.20. The van der Waals surface area contributed by atoms with Gasteiger partial charge in [0.2, 0.25) is 0 Å². The summed E-state index contributed by atoms with van der Waals surface area (Å²) in [6, 6.07) is 9.18. The zero-order valence-corrected chi connectivity index (χ0v) is 12.3.